The molecule has 1 aliphatic rings. The smallest absolute Gasteiger partial charge is 0.136 e. The molecule has 1 saturated carbocycles. The van der Waals surface area contributed by atoms with E-state index < -0.39 is 5.67 Å². The molecule has 1 aromatic carbocycles. The van der Waals surface area contributed by atoms with Crippen LogP contribution in [-0.2, 0) is 5.67 Å². The molecule has 70 valence electrons. The molecule has 0 aliphatic heterocycles. The molecule has 0 spiro atoms. The quantitative estimate of drug-likeness (QED) is 0.679. The number of halogens is 1. The number of ether oxygens (including phenoxy) is 1. The fourth-order valence-corrected chi connectivity index (χ4v) is 1.67. The molecule has 0 radical (unpaired) electrons. The molecule has 0 bridgehead atoms. The zero-order valence-electron chi connectivity index (χ0n) is 7.72. The van der Waals surface area contributed by atoms with Crippen molar-refractivity contribution in [2.45, 2.75) is 24.9 Å². The first-order valence-corrected chi connectivity index (χ1v) is 4.58. The highest BCUT2D eigenvalue weighted by molar-refractivity contribution is 5.31. The fourth-order valence-electron chi connectivity index (χ4n) is 1.67. The summed E-state index contributed by atoms with van der Waals surface area (Å²) in [7, 11) is 1.61. The first kappa shape index (κ1) is 8.54. The Balaban J connectivity index is 2.22. The molecule has 2 heteroatoms. The lowest BCUT2D eigenvalue weighted by atomic mass is 9.77. The van der Waals surface area contributed by atoms with Gasteiger partial charge in [-0.2, -0.15) is 0 Å². The predicted octanol–water partition coefficient (Wildman–Crippen LogP) is 3.04. The van der Waals surface area contributed by atoms with Crippen molar-refractivity contribution in [1.29, 1.82) is 0 Å². The molecule has 0 N–H and O–H groups in total. The van der Waals surface area contributed by atoms with E-state index >= 15 is 0 Å². The first-order chi connectivity index (χ1) is 6.24. The Morgan fingerprint density at radius 1 is 1.23 bits per heavy atom. The SMILES string of the molecule is COc1ccc(C2(F)CCC2)cc1. The van der Waals surface area contributed by atoms with E-state index in [1.165, 1.54) is 0 Å². The van der Waals surface area contributed by atoms with Crippen molar-refractivity contribution >= 4 is 0 Å². The van der Waals surface area contributed by atoms with E-state index in [2.05, 4.69) is 0 Å². The van der Waals surface area contributed by atoms with Gasteiger partial charge in [-0.05, 0) is 37.0 Å². The minimum absolute atomic E-state index is 0.666. The van der Waals surface area contributed by atoms with Gasteiger partial charge in [-0.1, -0.05) is 12.1 Å². The van der Waals surface area contributed by atoms with Crippen molar-refractivity contribution in [3.8, 4) is 5.75 Å². The van der Waals surface area contributed by atoms with Crippen LogP contribution in [0.25, 0.3) is 0 Å². The van der Waals surface area contributed by atoms with E-state index in [0.29, 0.717) is 12.8 Å². The van der Waals surface area contributed by atoms with E-state index in [9.17, 15) is 4.39 Å². The van der Waals surface area contributed by atoms with Gasteiger partial charge < -0.3 is 4.74 Å². The molecule has 2 rings (SSSR count). The van der Waals surface area contributed by atoms with Gasteiger partial charge in [0.25, 0.3) is 0 Å². The topological polar surface area (TPSA) is 9.23 Å². The van der Waals surface area contributed by atoms with Gasteiger partial charge in [-0.15, -0.1) is 0 Å². The maximum atomic E-state index is 13.8. The van der Waals surface area contributed by atoms with Gasteiger partial charge in [0.2, 0.25) is 0 Å². The fraction of sp³-hybridized carbons (Fsp3) is 0.455. The van der Waals surface area contributed by atoms with Crippen LogP contribution in [0, 0.1) is 0 Å². The van der Waals surface area contributed by atoms with Gasteiger partial charge in [0.1, 0.15) is 11.4 Å². The van der Waals surface area contributed by atoms with E-state index in [0.717, 1.165) is 17.7 Å². The lowest BCUT2D eigenvalue weighted by molar-refractivity contribution is 0.0609. The zero-order chi connectivity index (χ0) is 9.31. The maximum Gasteiger partial charge on any atom is 0.136 e. The normalized spacial score (nSPS) is 19.2. The molecule has 0 heterocycles. The molecule has 1 fully saturated rings. The van der Waals surface area contributed by atoms with Crippen molar-refractivity contribution in [1.82, 2.24) is 0 Å². The molecule has 0 saturated heterocycles. The highest BCUT2D eigenvalue weighted by Gasteiger charge is 2.38. The number of rotatable bonds is 2. The maximum absolute atomic E-state index is 13.8. The predicted molar refractivity (Wildman–Crippen MR) is 49.6 cm³/mol. The second-order valence-electron chi connectivity index (χ2n) is 3.55. The number of methoxy groups -OCH3 is 1. The lowest BCUT2D eigenvalue weighted by Gasteiger charge is -2.34. The molecule has 0 unspecified atom stereocenters. The summed E-state index contributed by atoms with van der Waals surface area (Å²) in [6.45, 7) is 0. The average molecular weight is 180 g/mol. The second-order valence-corrected chi connectivity index (χ2v) is 3.55. The van der Waals surface area contributed by atoms with Crippen molar-refractivity contribution in [3.05, 3.63) is 29.8 Å². The second kappa shape index (κ2) is 3.02. The highest BCUT2D eigenvalue weighted by atomic mass is 19.1. The molecular weight excluding hydrogens is 167 g/mol. The number of alkyl halides is 1. The Labute approximate surface area is 77.5 Å². The van der Waals surface area contributed by atoms with Gasteiger partial charge in [-0.25, -0.2) is 4.39 Å². The summed E-state index contributed by atoms with van der Waals surface area (Å²) >= 11 is 0. The first-order valence-electron chi connectivity index (χ1n) is 4.58. The lowest BCUT2D eigenvalue weighted by Crippen LogP contribution is -2.28. The minimum Gasteiger partial charge on any atom is -0.497 e. The highest BCUT2D eigenvalue weighted by Crippen LogP contribution is 2.45. The standard InChI is InChI=1S/C11H13FO/c1-13-10-5-3-9(4-6-10)11(12)7-2-8-11/h3-6H,2,7-8H2,1H3. The molecular formula is C11H13FO. The minimum atomic E-state index is -1.05. The van der Waals surface area contributed by atoms with E-state index in [-0.39, 0.29) is 0 Å². The van der Waals surface area contributed by atoms with Crippen LogP contribution >= 0.6 is 0 Å². The third-order valence-corrected chi connectivity index (χ3v) is 2.75. The van der Waals surface area contributed by atoms with Crippen molar-refractivity contribution < 1.29 is 9.13 Å². The summed E-state index contributed by atoms with van der Waals surface area (Å²) in [5, 5.41) is 0. The van der Waals surface area contributed by atoms with Crippen LogP contribution in [-0.4, -0.2) is 7.11 Å². The molecule has 0 amide bonds. The van der Waals surface area contributed by atoms with Gasteiger partial charge in [0.05, 0.1) is 7.11 Å². The van der Waals surface area contributed by atoms with Crippen LogP contribution in [0.2, 0.25) is 0 Å². The van der Waals surface area contributed by atoms with Gasteiger partial charge >= 0.3 is 0 Å². The molecule has 1 aromatic rings. The van der Waals surface area contributed by atoms with E-state index in [1.54, 1.807) is 7.11 Å². The van der Waals surface area contributed by atoms with Crippen LogP contribution in [0.5, 0.6) is 5.75 Å². The molecule has 0 aromatic heterocycles. The van der Waals surface area contributed by atoms with Crippen molar-refractivity contribution in [3.63, 3.8) is 0 Å². The Bertz CT molecular complexity index is 287. The summed E-state index contributed by atoms with van der Waals surface area (Å²) in [6.07, 6.45) is 2.33. The van der Waals surface area contributed by atoms with Gasteiger partial charge in [0, 0.05) is 0 Å². The third-order valence-electron chi connectivity index (χ3n) is 2.75. The van der Waals surface area contributed by atoms with Crippen LogP contribution in [0.4, 0.5) is 4.39 Å². The number of hydrogen-bond donors (Lipinski definition) is 0. The molecule has 1 aliphatic carbocycles. The van der Waals surface area contributed by atoms with Crippen LogP contribution < -0.4 is 4.74 Å². The van der Waals surface area contributed by atoms with Gasteiger partial charge in [0.15, 0.2) is 0 Å². The van der Waals surface area contributed by atoms with Crippen LogP contribution in [0.3, 0.4) is 0 Å². The van der Waals surface area contributed by atoms with E-state index in [1.807, 2.05) is 24.3 Å². The van der Waals surface area contributed by atoms with E-state index in [4.69, 9.17) is 4.74 Å². The van der Waals surface area contributed by atoms with Crippen LogP contribution in [0.15, 0.2) is 24.3 Å². The largest absolute Gasteiger partial charge is 0.497 e. The molecule has 0 atom stereocenters. The Morgan fingerprint density at radius 3 is 2.23 bits per heavy atom. The average Bonchev–Trinajstić information content (AvgIpc) is 2.14. The van der Waals surface area contributed by atoms with Crippen LogP contribution in [0.1, 0.15) is 24.8 Å². The van der Waals surface area contributed by atoms with Crippen molar-refractivity contribution in [2.24, 2.45) is 0 Å². The Hall–Kier alpha value is -1.05. The van der Waals surface area contributed by atoms with Gasteiger partial charge in [-0.3, -0.25) is 0 Å². The Kier molecular flexibility index (Phi) is 1.98. The summed E-state index contributed by atoms with van der Waals surface area (Å²) in [5.41, 5.74) is -0.258. The number of benzene rings is 1. The molecule has 13 heavy (non-hydrogen) atoms. The van der Waals surface area contributed by atoms with Crippen molar-refractivity contribution in [2.75, 3.05) is 7.11 Å². The summed E-state index contributed by atoms with van der Waals surface area (Å²) in [4.78, 5) is 0. The summed E-state index contributed by atoms with van der Waals surface area (Å²) < 4.78 is 18.8. The monoisotopic (exact) mass is 180 g/mol. The number of hydrogen-bond acceptors (Lipinski definition) is 1. The Morgan fingerprint density at radius 2 is 1.85 bits per heavy atom. The zero-order valence-corrected chi connectivity index (χ0v) is 7.72. The summed E-state index contributed by atoms with van der Waals surface area (Å²) in [6, 6.07) is 7.26. The summed E-state index contributed by atoms with van der Waals surface area (Å²) in [5.74, 6) is 0.784. The third kappa shape index (κ3) is 1.41. The molecule has 1 nitrogen and oxygen atoms in total.